The monoisotopic (exact) mass is 454 g/mol. The average Bonchev–Trinajstić information content (AvgIpc) is 3.22. The molecule has 0 atom stereocenters. The largest absolute Gasteiger partial charge is 0.486 e. The van der Waals surface area contributed by atoms with Gasteiger partial charge in [-0.3, -0.25) is 0 Å². The number of aryl methyl sites for hydroxylation is 1. The van der Waals surface area contributed by atoms with Gasteiger partial charge in [-0.25, -0.2) is 9.78 Å². The third-order valence-electron chi connectivity index (χ3n) is 6.49. The Bertz CT molecular complexity index is 1240. The smallest absolute Gasteiger partial charge is 0.321 e. The summed E-state index contributed by atoms with van der Waals surface area (Å²) in [5.74, 6) is 2.26. The molecule has 0 saturated carbocycles. The summed E-state index contributed by atoms with van der Waals surface area (Å²) in [6, 6.07) is 26.0. The van der Waals surface area contributed by atoms with Crippen molar-refractivity contribution in [3.05, 3.63) is 90.3 Å². The number of hydrogen-bond acceptors (Lipinski definition) is 3. The van der Waals surface area contributed by atoms with Crippen LogP contribution in [0, 0.1) is 12.8 Å². The maximum Gasteiger partial charge on any atom is 0.321 e. The Morgan fingerprint density at radius 3 is 2.44 bits per heavy atom. The number of aromatic nitrogens is 2. The number of likely N-dealkylation sites (tertiary alicyclic amines) is 1. The fraction of sp³-hybridized carbons (Fsp3) is 0.286. The quantitative estimate of drug-likeness (QED) is 0.396. The number of anilines is 1. The molecule has 2 heterocycles. The number of nitrogens with one attached hydrogen (secondary N) is 1. The van der Waals surface area contributed by atoms with Crippen LogP contribution < -0.4 is 10.1 Å². The molecular weight excluding hydrogens is 424 g/mol. The van der Waals surface area contributed by atoms with Crippen LogP contribution in [0.2, 0.25) is 0 Å². The van der Waals surface area contributed by atoms with Gasteiger partial charge in [-0.2, -0.15) is 0 Å². The lowest BCUT2D eigenvalue weighted by atomic mass is 9.96. The second kappa shape index (κ2) is 10.00. The Labute approximate surface area is 200 Å². The number of ether oxygens (including phenoxy) is 1. The molecule has 0 spiro atoms. The summed E-state index contributed by atoms with van der Waals surface area (Å²) in [5, 5.41) is 3.02. The first-order valence-corrected chi connectivity index (χ1v) is 11.9. The van der Waals surface area contributed by atoms with Crippen LogP contribution in [-0.2, 0) is 13.2 Å². The molecule has 1 aromatic heterocycles. The summed E-state index contributed by atoms with van der Waals surface area (Å²) in [6.07, 6.45) is 1.93. The van der Waals surface area contributed by atoms with Gasteiger partial charge in [0.1, 0.15) is 18.2 Å². The molecular formula is C28H30N4O2. The van der Waals surface area contributed by atoms with Crippen molar-refractivity contribution in [3.63, 3.8) is 0 Å². The summed E-state index contributed by atoms with van der Waals surface area (Å²) in [4.78, 5) is 19.5. The molecule has 6 nitrogen and oxygen atoms in total. The van der Waals surface area contributed by atoms with E-state index in [0.29, 0.717) is 12.5 Å². The summed E-state index contributed by atoms with van der Waals surface area (Å²) < 4.78 is 8.32. The summed E-state index contributed by atoms with van der Waals surface area (Å²) >= 11 is 0. The molecule has 4 aromatic rings. The first-order valence-electron chi connectivity index (χ1n) is 11.9. The van der Waals surface area contributed by atoms with Gasteiger partial charge in [-0.1, -0.05) is 48.0 Å². The molecule has 0 unspecified atom stereocenters. The first kappa shape index (κ1) is 22.0. The summed E-state index contributed by atoms with van der Waals surface area (Å²) in [6.45, 7) is 4.85. The van der Waals surface area contributed by atoms with Crippen LogP contribution in [0.1, 0.15) is 24.2 Å². The van der Waals surface area contributed by atoms with E-state index in [9.17, 15) is 4.79 Å². The van der Waals surface area contributed by atoms with Crippen molar-refractivity contribution < 1.29 is 9.53 Å². The van der Waals surface area contributed by atoms with E-state index in [1.54, 1.807) is 0 Å². The Balaban J connectivity index is 1.23. The highest BCUT2D eigenvalue weighted by molar-refractivity contribution is 5.89. The van der Waals surface area contributed by atoms with Gasteiger partial charge < -0.3 is 19.5 Å². The van der Waals surface area contributed by atoms with Crippen LogP contribution in [0.5, 0.6) is 5.75 Å². The highest BCUT2D eigenvalue weighted by Gasteiger charge is 2.24. The lowest BCUT2D eigenvalue weighted by Gasteiger charge is -2.32. The number of hydrogen-bond donors (Lipinski definition) is 1. The molecule has 1 fully saturated rings. The molecule has 174 valence electrons. The van der Waals surface area contributed by atoms with Gasteiger partial charge >= 0.3 is 6.03 Å². The van der Waals surface area contributed by atoms with Crippen LogP contribution in [0.4, 0.5) is 10.5 Å². The zero-order valence-corrected chi connectivity index (χ0v) is 19.5. The highest BCUT2D eigenvalue weighted by Crippen LogP contribution is 2.25. The normalized spacial score (nSPS) is 14.3. The summed E-state index contributed by atoms with van der Waals surface area (Å²) in [5.41, 5.74) is 4.14. The maximum absolute atomic E-state index is 12.7. The van der Waals surface area contributed by atoms with Gasteiger partial charge in [-0.15, -0.1) is 0 Å². The topological polar surface area (TPSA) is 59.4 Å². The van der Waals surface area contributed by atoms with Gasteiger partial charge in [0.25, 0.3) is 0 Å². The first-order chi connectivity index (χ1) is 16.7. The average molecular weight is 455 g/mol. The van der Waals surface area contributed by atoms with E-state index in [4.69, 9.17) is 9.72 Å². The minimum Gasteiger partial charge on any atom is -0.486 e. The van der Waals surface area contributed by atoms with Crippen LogP contribution >= 0.6 is 0 Å². The van der Waals surface area contributed by atoms with E-state index < -0.39 is 0 Å². The number of piperidine rings is 1. The Morgan fingerprint density at radius 2 is 1.68 bits per heavy atom. The lowest BCUT2D eigenvalue weighted by Crippen LogP contribution is -2.41. The third-order valence-corrected chi connectivity index (χ3v) is 6.49. The van der Waals surface area contributed by atoms with Crippen molar-refractivity contribution in [1.82, 2.24) is 14.5 Å². The molecule has 6 heteroatoms. The van der Waals surface area contributed by atoms with Crippen LogP contribution in [0.25, 0.3) is 11.0 Å². The molecule has 1 saturated heterocycles. The number of benzene rings is 3. The van der Waals surface area contributed by atoms with Crippen molar-refractivity contribution in [1.29, 1.82) is 0 Å². The molecule has 34 heavy (non-hydrogen) atoms. The molecule has 1 aliphatic heterocycles. The second-order valence-electron chi connectivity index (χ2n) is 8.96. The highest BCUT2D eigenvalue weighted by atomic mass is 16.5. The SMILES string of the molecule is Cc1ccc(NC(=O)N2CCC(Cn3c(COc4ccccc4)nc4ccccc43)CC2)cc1. The second-order valence-corrected chi connectivity index (χ2v) is 8.96. The Morgan fingerprint density at radius 1 is 0.971 bits per heavy atom. The minimum absolute atomic E-state index is 0.0210. The zero-order valence-electron chi connectivity index (χ0n) is 19.5. The van der Waals surface area contributed by atoms with Crippen molar-refractivity contribution in [2.45, 2.75) is 32.9 Å². The molecule has 5 rings (SSSR count). The fourth-order valence-electron chi connectivity index (χ4n) is 4.52. The number of carbonyl (C=O) groups is 1. The van der Waals surface area contributed by atoms with Gasteiger partial charge in [0, 0.05) is 25.3 Å². The number of carbonyl (C=O) groups excluding carboxylic acids is 1. The number of rotatable bonds is 6. The predicted octanol–water partition coefficient (Wildman–Crippen LogP) is 5.87. The van der Waals surface area contributed by atoms with E-state index in [0.717, 1.165) is 60.8 Å². The van der Waals surface area contributed by atoms with E-state index in [1.807, 2.05) is 72.5 Å². The van der Waals surface area contributed by atoms with Crippen LogP contribution in [0.3, 0.4) is 0 Å². The molecule has 0 bridgehead atoms. The van der Waals surface area contributed by atoms with Crippen LogP contribution in [0.15, 0.2) is 78.9 Å². The van der Waals surface area contributed by atoms with Gasteiger partial charge in [0.15, 0.2) is 0 Å². The number of para-hydroxylation sites is 3. The Hall–Kier alpha value is -3.80. The molecule has 1 N–H and O–H groups in total. The Kier molecular flexibility index (Phi) is 6.47. The zero-order chi connectivity index (χ0) is 23.3. The lowest BCUT2D eigenvalue weighted by molar-refractivity contribution is 0.176. The number of urea groups is 1. The van der Waals surface area contributed by atoms with Gasteiger partial charge in [0.2, 0.25) is 0 Å². The van der Waals surface area contributed by atoms with Crippen molar-refractivity contribution in [2.75, 3.05) is 18.4 Å². The third kappa shape index (κ3) is 5.06. The molecule has 0 aliphatic carbocycles. The fourth-order valence-corrected chi connectivity index (χ4v) is 4.52. The number of fused-ring (bicyclic) bond motifs is 1. The summed E-state index contributed by atoms with van der Waals surface area (Å²) in [7, 11) is 0. The van der Waals surface area contributed by atoms with Crippen molar-refractivity contribution >= 4 is 22.8 Å². The molecule has 1 aliphatic rings. The molecule has 3 aromatic carbocycles. The van der Waals surface area contributed by atoms with E-state index in [1.165, 1.54) is 5.56 Å². The van der Waals surface area contributed by atoms with Gasteiger partial charge in [0.05, 0.1) is 11.0 Å². The van der Waals surface area contributed by atoms with E-state index in [2.05, 4.69) is 28.1 Å². The van der Waals surface area contributed by atoms with Crippen molar-refractivity contribution in [2.24, 2.45) is 5.92 Å². The van der Waals surface area contributed by atoms with Crippen LogP contribution in [-0.4, -0.2) is 33.6 Å². The minimum atomic E-state index is -0.0210. The van der Waals surface area contributed by atoms with E-state index >= 15 is 0 Å². The maximum atomic E-state index is 12.7. The number of imidazole rings is 1. The number of amides is 2. The van der Waals surface area contributed by atoms with Gasteiger partial charge in [-0.05, 0) is 62.1 Å². The van der Waals surface area contributed by atoms with Crippen molar-refractivity contribution in [3.8, 4) is 5.75 Å². The molecule has 2 amide bonds. The molecule has 0 radical (unpaired) electrons. The van der Waals surface area contributed by atoms with E-state index in [-0.39, 0.29) is 6.03 Å². The predicted molar refractivity (Wildman–Crippen MR) is 135 cm³/mol. The standard InChI is InChI=1S/C28H30N4O2/c1-21-11-13-23(14-12-21)29-28(33)31-17-15-22(16-18-31)19-32-26-10-6-5-9-25(26)30-27(32)20-34-24-7-3-2-4-8-24/h2-14,22H,15-20H2,1H3,(H,29,33). The number of nitrogens with zero attached hydrogens (tertiary/aromatic N) is 3.